The molecule has 0 bridgehead atoms. The second-order valence-electron chi connectivity index (χ2n) is 4.90. The van der Waals surface area contributed by atoms with Gasteiger partial charge in [-0.25, -0.2) is 0 Å². The highest BCUT2D eigenvalue weighted by molar-refractivity contribution is 5.65. The van der Waals surface area contributed by atoms with Crippen molar-refractivity contribution in [2.75, 3.05) is 11.4 Å². The zero-order valence-electron chi connectivity index (χ0n) is 12.4. The number of nitrogens with zero attached hydrogens (tertiary/aromatic N) is 2. The summed E-state index contributed by atoms with van der Waals surface area (Å²) in [5, 5.41) is 9.80. The Morgan fingerprint density at radius 2 is 1.90 bits per heavy atom. The molecule has 1 aromatic carbocycles. The number of pyridine rings is 1. The van der Waals surface area contributed by atoms with Crippen LogP contribution in [0.2, 0.25) is 0 Å². The molecule has 1 N–H and O–H groups in total. The van der Waals surface area contributed by atoms with Crippen LogP contribution in [-0.4, -0.2) is 16.6 Å². The molecular weight excluding hydrogens is 248 g/mol. The monoisotopic (exact) mass is 270 g/mol. The number of rotatable bonds is 5. The van der Waals surface area contributed by atoms with Crippen LogP contribution in [-0.2, 0) is 0 Å². The minimum absolute atomic E-state index is 0.474. The first kappa shape index (κ1) is 14.5. The maximum Gasteiger partial charge on any atom is 0.0957 e. The Morgan fingerprint density at radius 3 is 2.45 bits per heavy atom. The summed E-state index contributed by atoms with van der Waals surface area (Å²) in [6.45, 7) is 7.07. The molecule has 0 amide bonds. The lowest BCUT2D eigenvalue weighted by atomic mass is 10.1. The summed E-state index contributed by atoms with van der Waals surface area (Å²) in [4.78, 5) is 6.61. The van der Waals surface area contributed by atoms with Gasteiger partial charge in [-0.1, -0.05) is 25.1 Å². The third-order valence-corrected chi connectivity index (χ3v) is 3.53. The second kappa shape index (κ2) is 6.53. The molecule has 0 saturated carbocycles. The Bertz CT molecular complexity index is 551. The standard InChI is InChI=1S/C17H22N2O/c1-4-17(20)15-11-10-14(12-18-15)19(5-2)16-9-7-6-8-13(16)3/h6-12,17,20H,4-5H2,1-3H3/t17-/m1/s1. The molecule has 3 nitrogen and oxygen atoms in total. The third-order valence-electron chi connectivity index (χ3n) is 3.53. The second-order valence-corrected chi connectivity index (χ2v) is 4.90. The number of hydrogen-bond donors (Lipinski definition) is 1. The zero-order chi connectivity index (χ0) is 14.5. The van der Waals surface area contributed by atoms with Gasteiger partial charge in [-0.3, -0.25) is 4.98 Å². The topological polar surface area (TPSA) is 36.4 Å². The molecule has 2 aromatic rings. The number of aliphatic hydroxyl groups excluding tert-OH is 1. The van der Waals surface area contributed by atoms with Gasteiger partial charge in [0.25, 0.3) is 0 Å². The third kappa shape index (κ3) is 2.99. The van der Waals surface area contributed by atoms with Crippen LogP contribution in [0, 0.1) is 6.92 Å². The smallest absolute Gasteiger partial charge is 0.0957 e. The van der Waals surface area contributed by atoms with Crippen molar-refractivity contribution in [3.05, 3.63) is 53.9 Å². The van der Waals surface area contributed by atoms with Crippen molar-refractivity contribution in [2.45, 2.75) is 33.3 Å². The van der Waals surface area contributed by atoms with Gasteiger partial charge in [0, 0.05) is 12.2 Å². The van der Waals surface area contributed by atoms with E-state index in [0.717, 1.165) is 17.9 Å². The highest BCUT2D eigenvalue weighted by atomic mass is 16.3. The maximum atomic E-state index is 9.80. The fourth-order valence-electron chi connectivity index (χ4n) is 2.32. The lowest BCUT2D eigenvalue weighted by molar-refractivity contribution is 0.169. The van der Waals surface area contributed by atoms with E-state index in [4.69, 9.17) is 0 Å². The van der Waals surface area contributed by atoms with Gasteiger partial charge in [-0.15, -0.1) is 0 Å². The molecule has 0 saturated heterocycles. The molecule has 0 unspecified atom stereocenters. The van der Waals surface area contributed by atoms with Crippen LogP contribution >= 0.6 is 0 Å². The fraction of sp³-hybridized carbons (Fsp3) is 0.353. The van der Waals surface area contributed by atoms with Crippen LogP contribution in [0.5, 0.6) is 0 Å². The molecule has 0 aliphatic carbocycles. The zero-order valence-corrected chi connectivity index (χ0v) is 12.4. The minimum atomic E-state index is -0.474. The van der Waals surface area contributed by atoms with E-state index < -0.39 is 6.10 Å². The molecule has 0 radical (unpaired) electrons. The SMILES string of the molecule is CC[C@@H](O)c1ccc(N(CC)c2ccccc2C)cn1. The molecule has 0 aliphatic rings. The molecule has 1 aromatic heterocycles. The van der Waals surface area contributed by atoms with E-state index in [1.54, 1.807) is 0 Å². The van der Waals surface area contributed by atoms with Crippen molar-refractivity contribution < 1.29 is 5.11 Å². The molecule has 1 heterocycles. The predicted molar refractivity (Wildman–Crippen MR) is 83.3 cm³/mol. The first-order chi connectivity index (χ1) is 9.67. The molecule has 1 atom stereocenters. The first-order valence-electron chi connectivity index (χ1n) is 7.14. The van der Waals surface area contributed by atoms with Crippen molar-refractivity contribution in [2.24, 2.45) is 0 Å². The van der Waals surface area contributed by atoms with Crippen LogP contribution in [0.25, 0.3) is 0 Å². The van der Waals surface area contributed by atoms with Crippen molar-refractivity contribution in [1.82, 2.24) is 4.98 Å². The summed E-state index contributed by atoms with van der Waals surface area (Å²) in [7, 11) is 0. The van der Waals surface area contributed by atoms with E-state index in [9.17, 15) is 5.11 Å². The molecule has 0 aliphatic heterocycles. The summed E-state index contributed by atoms with van der Waals surface area (Å²) in [5.74, 6) is 0. The number of benzene rings is 1. The number of aryl methyl sites for hydroxylation is 1. The summed E-state index contributed by atoms with van der Waals surface area (Å²) in [6.07, 6.45) is 2.05. The average Bonchev–Trinajstić information content (AvgIpc) is 2.50. The van der Waals surface area contributed by atoms with Crippen molar-refractivity contribution in [1.29, 1.82) is 0 Å². The Labute approximate surface area is 120 Å². The van der Waals surface area contributed by atoms with Gasteiger partial charge < -0.3 is 10.0 Å². The van der Waals surface area contributed by atoms with E-state index >= 15 is 0 Å². The van der Waals surface area contributed by atoms with Gasteiger partial charge in [0.05, 0.1) is 23.7 Å². The fourth-order valence-corrected chi connectivity index (χ4v) is 2.32. The van der Waals surface area contributed by atoms with E-state index in [0.29, 0.717) is 6.42 Å². The van der Waals surface area contributed by atoms with E-state index in [-0.39, 0.29) is 0 Å². The molecule has 2 rings (SSSR count). The van der Waals surface area contributed by atoms with Crippen molar-refractivity contribution >= 4 is 11.4 Å². The van der Waals surface area contributed by atoms with Gasteiger partial charge in [0.2, 0.25) is 0 Å². The van der Waals surface area contributed by atoms with Crippen LogP contribution < -0.4 is 4.90 Å². The lowest BCUT2D eigenvalue weighted by Crippen LogP contribution is -2.17. The Balaban J connectivity index is 2.31. The maximum absolute atomic E-state index is 9.80. The van der Waals surface area contributed by atoms with E-state index in [1.165, 1.54) is 11.3 Å². The van der Waals surface area contributed by atoms with Gasteiger partial charge >= 0.3 is 0 Å². The Kier molecular flexibility index (Phi) is 4.74. The molecular formula is C17H22N2O. The Hall–Kier alpha value is -1.87. The number of aromatic nitrogens is 1. The molecule has 0 spiro atoms. The van der Waals surface area contributed by atoms with E-state index in [1.807, 2.05) is 37.4 Å². The van der Waals surface area contributed by atoms with Gasteiger partial charge in [0.1, 0.15) is 0 Å². The van der Waals surface area contributed by atoms with Gasteiger partial charge in [0.15, 0.2) is 0 Å². The molecule has 106 valence electrons. The van der Waals surface area contributed by atoms with Crippen molar-refractivity contribution in [3.8, 4) is 0 Å². The van der Waals surface area contributed by atoms with Gasteiger partial charge in [-0.2, -0.15) is 0 Å². The highest BCUT2D eigenvalue weighted by Gasteiger charge is 2.11. The number of anilines is 2. The molecule has 0 fully saturated rings. The van der Waals surface area contributed by atoms with Crippen LogP contribution in [0.3, 0.4) is 0 Å². The number of hydrogen-bond acceptors (Lipinski definition) is 3. The average molecular weight is 270 g/mol. The number of para-hydroxylation sites is 1. The molecule has 3 heteroatoms. The summed E-state index contributed by atoms with van der Waals surface area (Å²) >= 11 is 0. The summed E-state index contributed by atoms with van der Waals surface area (Å²) < 4.78 is 0. The quantitative estimate of drug-likeness (QED) is 0.892. The summed E-state index contributed by atoms with van der Waals surface area (Å²) in [5.41, 5.74) is 4.22. The van der Waals surface area contributed by atoms with Crippen molar-refractivity contribution in [3.63, 3.8) is 0 Å². The summed E-state index contributed by atoms with van der Waals surface area (Å²) in [6, 6.07) is 12.3. The highest BCUT2D eigenvalue weighted by Crippen LogP contribution is 2.28. The first-order valence-corrected chi connectivity index (χ1v) is 7.14. The van der Waals surface area contributed by atoms with Crippen LogP contribution in [0.15, 0.2) is 42.6 Å². The van der Waals surface area contributed by atoms with Gasteiger partial charge in [-0.05, 0) is 44.0 Å². The Morgan fingerprint density at radius 1 is 1.15 bits per heavy atom. The minimum Gasteiger partial charge on any atom is -0.387 e. The van der Waals surface area contributed by atoms with E-state index in [2.05, 4.69) is 35.9 Å². The number of aliphatic hydroxyl groups is 1. The van der Waals surface area contributed by atoms with Crippen LogP contribution in [0.1, 0.15) is 37.6 Å². The normalized spacial score (nSPS) is 12.2. The van der Waals surface area contributed by atoms with Crippen LogP contribution in [0.4, 0.5) is 11.4 Å². The predicted octanol–water partition coefficient (Wildman–Crippen LogP) is 3.99. The molecule has 20 heavy (non-hydrogen) atoms. The lowest BCUT2D eigenvalue weighted by Gasteiger charge is -2.25. The largest absolute Gasteiger partial charge is 0.387 e.